The van der Waals surface area contributed by atoms with Gasteiger partial charge in [0.25, 0.3) is 5.91 Å². The summed E-state index contributed by atoms with van der Waals surface area (Å²) in [7, 11) is 0. The first-order valence-electron chi connectivity index (χ1n) is 14.1. The van der Waals surface area contributed by atoms with Crippen molar-refractivity contribution in [3.63, 3.8) is 0 Å². The standard InChI is InChI=1S/C19H11F5N2O2.C9H9ClO3.C6H3Cl2NO2.2K/c20-12-6-7-16(15(21)10-12)26-17(27)14-5-2-8-25-18(14)28-13-4-1-3-11(9-13)19(22,23)24;1-6-4-7(10)2-3-8(6)13-5-9(11)12;7-3-1-2-4(8)9-5(3)6(10)11;;/h1-10H,(H,26,27);2-4H,5H2,1H3,(H,11,12);1-2H,(H,10,11);;/q;;;2*+1/p-2. The molecule has 0 spiro atoms. The molecule has 0 bridgehead atoms. The maximum absolute atomic E-state index is 13.7. The van der Waals surface area contributed by atoms with Crippen LogP contribution < -0.4 is 128 Å². The van der Waals surface area contributed by atoms with Crippen molar-refractivity contribution in [2.45, 2.75) is 13.1 Å². The Morgan fingerprint density at radius 1 is 0.870 bits per heavy atom. The van der Waals surface area contributed by atoms with Gasteiger partial charge in [-0.25, -0.2) is 18.7 Å². The number of carbonyl (C=O) groups excluding carboxylic acids is 3. The molecular weight excluding hydrogens is 842 g/mol. The van der Waals surface area contributed by atoms with Crippen LogP contribution in [0.4, 0.5) is 27.6 Å². The van der Waals surface area contributed by atoms with E-state index in [2.05, 4.69) is 15.3 Å². The van der Waals surface area contributed by atoms with E-state index in [0.717, 1.165) is 35.9 Å². The summed E-state index contributed by atoms with van der Waals surface area (Å²) in [4.78, 5) is 40.1. The molecule has 2 aromatic heterocycles. The summed E-state index contributed by atoms with van der Waals surface area (Å²) in [6.07, 6.45) is -3.29. The van der Waals surface area contributed by atoms with E-state index < -0.39 is 47.8 Å². The molecule has 0 unspecified atom stereocenters. The van der Waals surface area contributed by atoms with Gasteiger partial charge in [0.1, 0.15) is 46.2 Å². The van der Waals surface area contributed by atoms with E-state index in [1.165, 1.54) is 36.5 Å². The Hall–Kier alpha value is -2.24. The van der Waals surface area contributed by atoms with Gasteiger partial charge in [-0.2, -0.15) is 13.2 Å². The molecule has 0 aliphatic carbocycles. The van der Waals surface area contributed by atoms with Crippen LogP contribution in [0.15, 0.2) is 91.1 Å². The van der Waals surface area contributed by atoms with Crippen LogP contribution in [0.25, 0.3) is 0 Å². The summed E-state index contributed by atoms with van der Waals surface area (Å²) in [5.41, 5.74) is -0.892. The zero-order chi connectivity index (χ0) is 38.6. The van der Waals surface area contributed by atoms with Gasteiger partial charge in [0.2, 0.25) is 5.88 Å². The van der Waals surface area contributed by atoms with Gasteiger partial charge in [-0.1, -0.05) is 40.9 Å². The SMILES string of the molecule is Cc1cc(Cl)ccc1OCC(=O)[O-].O=C(Nc1ccc(F)cc1F)c1cccnc1Oc1cccc(C(F)(F)F)c1.O=C([O-])c1nc(Cl)ccc1Cl.[K+].[K+]. The first-order chi connectivity index (χ1) is 24.4. The molecule has 0 aliphatic heterocycles. The molecular formula is C34H21Cl3F5K2N3O7. The van der Waals surface area contributed by atoms with Crippen LogP contribution in [0.2, 0.25) is 15.2 Å². The number of carbonyl (C=O) groups is 3. The van der Waals surface area contributed by atoms with Gasteiger partial charge in [-0.3, -0.25) is 4.79 Å². The smallest absolute Gasteiger partial charge is 0.546 e. The zero-order valence-electron chi connectivity index (χ0n) is 28.1. The number of amides is 1. The number of benzene rings is 3. The van der Waals surface area contributed by atoms with E-state index in [4.69, 9.17) is 44.3 Å². The Morgan fingerprint density at radius 3 is 2.17 bits per heavy atom. The average molecular weight is 863 g/mol. The van der Waals surface area contributed by atoms with Gasteiger partial charge in [-0.05, 0) is 85.3 Å². The largest absolute Gasteiger partial charge is 1.00 e. The first-order valence-corrected chi connectivity index (χ1v) is 15.3. The molecule has 0 saturated heterocycles. The molecule has 1 amide bonds. The fourth-order valence-electron chi connectivity index (χ4n) is 3.75. The Bertz CT molecular complexity index is 2080. The first kappa shape index (κ1) is 49.8. The van der Waals surface area contributed by atoms with Gasteiger partial charge >= 0.3 is 109 Å². The van der Waals surface area contributed by atoms with Crippen LogP contribution in [-0.4, -0.2) is 34.4 Å². The topological polar surface area (TPSA) is 154 Å². The van der Waals surface area contributed by atoms with Crippen LogP contribution in [0.1, 0.15) is 32.0 Å². The molecule has 1 N–H and O–H groups in total. The molecule has 2 heterocycles. The molecule has 5 aromatic rings. The number of pyridine rings is 2. The minimum Gasteiger partial charge on any atom is -0.546 e. The molecule has 3 aromatic carbocycles. The van der Waals surface area contributed by atoms with Crippen LogP contribution in [0.3, 0.4) is 0 Å². The van der Waals surface area contributed by atoms with Gasteiger partial charge in [-0.15, -0.1) is 0 Å². The number of anilines is 1. The minimum atomic E-state index is -4.57. The number of alkyl halides is 3. The monoisotopic (exact) mass is 861 g/mol. The third-order valence-electron chi connectivity index (χ3n) is 6.06. The van der Waals surface area contributed by atoms with Crippen molar-refractivity contribution in [3.05, 3.63) is 140 Å². The van der Waals surface area contributed by atoms with E-state index in [9.17, 15) is 46.5 Å². The molecule has 0 fully saturated rings. The molecule has 0 atom stereocenters. The average Bonchev–Trinajstić information content (AvgIpc) is 3.07. The van der Waals surface area contributed by atoms with Crippen molar-refractivity contribution in [3.8, 4) is 17.4 Å². The number of carboxylic acid groups (broad SMARTS) is 2. The van der Waals surface area contributed by atoms with E-state index in [1.807, 2.05) is 0 Å². The number of hydrogen-bond donors (Lipinski definition) is 1. The van der Waals surface area contributed by atoms with Crippen LogP contribution >= 0.6 is 34.8 Å². The number of rotatable bonds is 8. The number of aromatic carboxylic acids is 1. The number of nitrogens with one attached hydrogen (secondary N) is 1. The van der Waals surface area contributed by atoms with Crippen molar-refractivity contribution in [2.24, 2.45) is 0 Å². The van der Waals surface area contributed by atoms with Gasteiger partial charge in [0, 0.05) is 17.3 Å². The van der Waals surface area contributed by atoms with Gasteiger partial charge in [0.15, 0.2) is 0 Å². The fourth-order valence-corrected chi connectivity index (χ4v) is 4.30. The van der Waals surface area contributed by atoms with Crippen molar-refractivity contribution in [2.75, 3.05) is 11.9 Å². The van der Waals surface area contributed by atoms with Crippen molar-refractivity contribution in [1.29, 1.82) is 0 Å². The Balaban J connectivity index is 0.000000466. The second-order valence-corrected chi connectivity index (χ2v) is 11.1. The number of aliphatic carboxylic acids is 1. The minimum absolute atomic E-state index is 0. The second kappa shape index (κ2) is 23.7. The van der Waals surface area contributed by atoms with Gasteiger partial charge < -0.3 is 34.6 Å². The number of aromatic nitrogens is 2. The number of halogens is 8. The number of carboxylic acids is 2. The number of nitrogens with zero attached hydrogens (tertiary/aromatic N) is 2. The predicted octanol–water partition coefficient (Wildman–Crippen LogP) is 0.960. The summed E-state index contributed by atoms with van der Waals surface area (Å²) in [5.74, 6) is -5.26. The summed E-state index contributed by atoms with van der Waals surface area (Å²) in [6.45, 7) is 1.35. The van der Waals surface area contributed by atoms with Crippen molar-refractivity contribution >= 4 is 58.3 Å². The third kappa shape index (κ3) is 16.5. The van der Waals surface area contributed by atoms with Crippen molar-refractivity contribution in [1.82, 2.24) is 9.97 Å². The van der Waals surface area contributed by atoms with E-state index >= 15 is 0 Å². The molecule has 0 aliphatic rings. The predicted molar refractivity (Wildman–Crippen MR) is 175 cm³/mol. The van der Waals surface area contributed by atoms with Crippen LogP contribution in [0.5, 0.6) is 17.4 Å². The van der Waals surface area contributed by atoms with E-state index in [1.54, 1.807) is 25.1 Å². The van der Waals surface area contributed by atoms with Crippen LogP contribution in [0, 0.1) is 18.6 Å². The fraction of sp³-hybridized carbons (Fsp3) is 0.0882. The van der Waals surface area contributed by atoms with Gasteiger partial charge in [0.05, 0.1) is 28.2 Å². The van der Waals surface area contributed by atoms with Crippen LogP contribution in [-0.2, 0) is 11.0 Å². The van der Waals surface area contributed by atoms with E-state index in [-0.39, 0.29) is 142 Å². The summed E-state index contributed by atoms with van der Waals surface area (Å²) in [6, 6.07) is 17.0. The summed E-state index contributed by atoms with van der Waals surface area (Å²) in [5, 5.41) is 23.3. The molecule has 20 heteroatoms. The Labute approximate surface area is 404 Å². The second-order valence-electron chi connectivity index (χ2n) is 9.88. The summed E-state index contributed by atoms with van der Waals surface area (Å²) >= 11 is 16.5. The molecule has 0 saturated carbocycles. The number of aryl methyl sites for hydroxylation is 1. The van der Waals surface area contributed by atoms with E-state index in [0.29, 0.717) is 16.8 Å². The zero-order valence-corrected chi connectivity index (χ0v) is 36.7. The Morgan fingerprint density at radius 2 is 1.57 bits per heavy atom. The maximum atomic E-state index is 13.7. The Kier molecular flexibility index (Phi) is 21.9. The number of ether oxygens (including phenoxy) is 2. The molecule has 0 radical (unpaired) electrons. The molecule has 5 rings (SSSR count). The maximum Gasteiger partial charge on any atom is 1.00 e. The van der Waals surface area contributed by atoms with Crippen molar-refractivity contribution < 1.29 is 159 Å². The molecule has 272 valence electrons. The molecule has 54 heavy (non-hydrogen) atoms. The quantitative estimate of drug-likeness (QED) is 0.137. The normalized spacial score (nSPS) is 10.1. The molecule has 10 nitrogen and oxygen atoms in total. The summed E-state index contributed by atoms with van der Waals surface area (Å²) < 4.78 is 75.4. The number of hydrogen-bond acceptors (Lipinski definition) is 9. The third-order valence-corrected chi connectivity index (χ3v) is 6.81.